The van der Waals surface area contributed by atoms with Gasteiger partial charge in [-0.05, 0) is 38.1 Å². The van der Waals surface area contributed by atoms with E-state index in [4.69, 9.17) is 18.9 Å². The third-order valence-electron chi connectivity index (χ3n) is 4.83. The molecule has 1 aromatic heterocycles. The first-order valence-electron chi connectivity index (χ1n) is 10.1. The molecule has 4 rings (SSSR count). The lowest BCUT2D eigenvalue weighted by molar-refractivity contribution is -0.115. The second-order valence-electron chi connectivity index (χ2n) is 6.90. The zero-order chi connectivity index (χ0) is 22.5. The van der Waals surface area contributed by atoms with Gasteiger partial charge in [-0.25, -0.2) is 0 Å². The summed E-state index contributed by atoms with van der Waals surface area (Å²) in [6, 6.07) is 12.7. The maximum absolute atomic E-state index is 12.7. The van der Waals surface area contributed by atoms with E-state index in [1.165, 1.54) is 11.8 Å². The number of hydrogen-bond acceptors (Lipinski definition) is 8. The van der Waals surface area contributed by atoms with Gasteiger partial charge in [-0.1, -0.05) is 23.9 Å². The number of para-hydroxylation sites is 2. The Balaban J connectivity index is 1.39. The number of hydrogen-bond donors (Lipinski definition) is 1. The summed E-state index contributed by atoms with van der Waals surface area (Å²) in [7, 11) is 1.60. The Morgan fingerprint density at radius 2 is 1.97 bits per heavy atom. The number of rotatable bonds is 9. The fourth-order valence-corrected chi connectivity index (χ4v) is 4.07. The van der Waals surface area contributed by atoms with Gasteiger partial charge >= 0.3 is 0 Å². The Labute approximate surface area is 190 Å². The van der Waals surface area contributed by atoms with Gasteiger partial charge in [0.25, 0.3) is 0 Å². The van der Waals surface area contributed by atoms with Gasteiger partial charge in [-0.3, -0.25) is 4.79 Å². The van der Waals surface area contributed by atoms with Crippen molar-refractivity contribution in [3.8, 4) is 23.0 Å². The highest BCUT2D eigenvalue weighted by Gasteiger charge is 2.21. The van der Waals surface area contributed by atoms with Gasteiger partial charge in [0.05, 0.1) is 12.4 Å². The highest BCUT2D eigenvalue weighted by molar-refractivity contribution is 8.00. The molecule has 1 aliphatic heterocycles. The van der Waals surface area contributed by atoms with E-state index in [1.54, 1.807) is 25.3 Å². The first kappa shape index (κ1) is 21.8. The summed E-state index contributed by atoms with van der Waals surface area (Å²) in [5.41, 5.74) is 0.648. The molecule has 1 N–H and O–H groups in total. The standard InChI is InChI=1S/C22H24N4O5S/c1-4-26-20(12-29-17-8-6-5-7-16(17)28-3)24-25-22(26)32-14(2)21(27)23-15-9-10-18-19(11-15)31-13-30-18/h5-11,14H,4,12-13H2,1-3H3,(H,23,27)/t14-/m1/s1. The minimum Gasteiger partial charge on any atom is -0.493 e. The fraction of sp³-hybridized carbons (Fsp3) is 0.318. The molecule has 32 heavy (non-hydrogen) atoms. The van der Waals surface area contributed by atoms with Crippen molar-refractivity contribution in [3.63, 3.8) is 0 Å². The lowest BCUT2D eigenvalue weighted by atomic mass is 10.2. The second-order valence-corrected chi connectivity index (χ2v) is 8.21. The summed E-state index contributed by atoms with van der Waals surface area (Å²) in [6.45, 7) is 4.90. The van der Waals surface area contributed by atoms with Gasteiger partial charge in [0, 0.05) is 18.3 Å². The summed E-state index contributed by atoms with van der Waals surface area (Å²) in [4.78, 5) is 12.7. The predicted molar refractivity (Wildman–Crippen MR) is 120 cm³/mol. The maximum Gasteiger partial charge on any atom is 0.237 e. The van der Waals surface area contributed by atoms with Gasteiger partial charge < -0.3 is 28.8 Å². The number of nitrogens with one attached hydrogen (secondary N) is 1. The number of benzene rings is 2. The number of aromatic nitrogens is 3. The number of carbonyl (C=O) groups excluding carboxylic acids is 1. The van der Waals surface area contributed by atoms with E-state index in [2.05, 4.69) is 15.5 Å². The molecule has 0 fully saturated rings. The fourth-order valence-electron chi connectivity index (χ4n) is 3.14. The van der Waals surface area contributed by atoms with Crippen LogP contribution in [0.2, 0.25) is 0 Å². The third kappa shape index (κ3) is 4.75. The van der Waals surface area contributed by atoms with Gasteiger partial charge in [0.1, 0.15) is 6.61 Å². The topological polar surface area (TPSA) is 96.7 Å². The Hall–Kier alpha value is -3.40. The Bertz CT molecular complexity index is 1100. The van der Waals surface area contributed by atoms with Crippen LogP contribution in [0.3, 0.4) is 0 Å². The monoisotopic (exact) mass is 456 g/mol. The summed E-state index contributed by atoms with van der Waals surface area (Å²) in [6.07, 6.45) is 0. The number of carbonyl (C=O) groups is 1. The SMILES string of the molecule is CCn1c(COc2ccccc2OC)nnc1S[C@H](C)C(=O)Nc1ccc2c(c1)OCO2. The Morgan fingerprint density at radius 3 is 2.75 bits per heavy atom. The van der Waals surface area contributed by atoms with Crippen molar-refractivity contribution in [1.29, 1.82) is 0 Å². The summed E-state index contributed by atoms with van der Waals surface area (Å²) in [5, 5.41) is 11.7. The highest BCUT2D eigenvalue weighted by atomic mass is 32.2. The van der Waals surface area contributed by atoms with Gasteiger partial charge in [0.2, 0.25) is 12.7 Å². The minimum atomic E-state index is -0.391. The maximum atomic E-state index is 12.7. The molecule has 168 valence electrons. The van der Waals surface area contributed by atoms with Gasteiger partial charge in [0.15, 0.2) is 34.0 Å². The summed E-state index contributed by atoms with van der Waals surface area (Å²) in [5.74, 6) is 3.10. The molecular weight excluding hydrogens is 432 g/mol. The highest BCUT2D eigenvalue weighted by Crippen LogP contribution is 2.34. The normalized spacial score (nSPS) is 13.0. The quantitative estimate of drug-likeness (QED) is 0.487. The van der Waals surface area contributed by atoms with Crippen LogP contribution in [-0.2, 0) is 17.9 Å². The lowest BCUT2D eigenvalue weighted by Crippen LogP contribution is -2.23. The predicted octanol–water partition coefficient (Wildman–Crippen LogP) is 3.73. The van der Waals surface area contributed by atoms with E-state index in [0.29, 0.717) is 46.2 Å². The molecule has 10 heteroatoms. The van der Waals surface area contributed by atoms with Crippen LogP contribution in [0.25, 0.3) is 0 Å². The van der Waals surface area contributed by atoms with E-state index < -0.39 is 5.25 Å². The molecule has 2 aromatic carbocycles. The van der Waals surface area contributed by atoms with Crippen molar-refractivity contribution in [2.75, 3.05) is 19.2 Å². The van der Waals surface area contributed by atoms with E-state index in [1.807, 2.05) is 42.7 Å². The third-order valence-corrected chi connectivity index (χ3v) is 5.91. The van der Waals surface area contributed by atoms with Crippen molar-refractivity contribution in [3.05, 3.63) is 48.3 Å². The van der Waals surface area contributed by atoms with Crippen LogP contribution in [0.1, 0.15) is 19.7 Å². The van der Waals surface area contributed by atoms with Gasteiger partial charge in [-0.2, -0.15) is 0 Å². The second kappa shape index (κ2) is 9.82. The summed E-state index contributed by atoms with van der Waals surface area (Å²) < 4.78 is 23.8. The molecule has 9 nitrogen and oxygen atoms in total. The number of thioether (sulfide) groups is 1. The van der Waals surface area contributed by atoms with Crippen LogP contribution in [0, 0.1) is 0 Å². The van der Waals surface area contributed by atoms with Crippen LogP contribution in [0.15, 0.2) is 47.6 Å². The average molecular weight is 457 g/mol. The molecule has 1 amide bonds. The van der Waals surface area contributed by atoms with Gasteiger partial charge in [-0.15, -0.1) is 10.2 Å². The minimum absolute atomic E-state index is 0.147. The molecule has 1 aliphatic rings. The molecule has 0 spiro atoms. The van der Waals surface area contributed by atoms with E-state index >= 15 is 0 Å². The molecule has 0 radical (unpaired) electrons. The number of nitrogens with zero attached hydrogens (tertiary/aromatic N) is 3. The molecule has 0 saturated heterocycles. The number of anilines is 1. The van der Waals surface area contributed by atoms with Crippen molar-refractivity contribution in [1.82, 2.24) is 14.8 Å². The molecule has 0 aliphatic carbocycles. The van der Waals surface area contributed by atoms with E-state index in [-0.39, 0.29) is 19.3 Å². The number of methoxy groups -OCH3 is 1. The van der Waals surface area contributed by atoms with Crippen LogP contribution in [-0.4, -0.2) is 39.8 Å². The van der Waals surface area contributed by atoms with Crippen LogP contribution >= 0.6 is 11.8 Å². The molecule has 0 bridgehead atoms. The zero-order valence-corrected chi connectivity index (χ0v) is 18.8. The van der Waals surface area contributed by atoms with Crippen LogP contribution < -0.4 is 24.3 Å². The van der Waals surface area contributed by atoms with Crippen LogP contribution in [0.4, 0.5) is 5.69 Å². The largest absolute Gasteiger partial charge is 0.493 e. The lowest BCUT2D eigenvalue weighted by Gasteiger charge is -2.13. The molecule has 2 heterocycles. The molecular formula is C22H24N4O5S. The Morgan fingerprint density at radius 1 is 1.19 bits per heavy atom. The number of fused-ring (bicyclic) bond motifs is 1. The number of ether oxygens (including phenoxy) is 4. The molecule has 3 aromatic rings. The first-order chi connectivity index (χ1) is 15.6. The van der Waals surface area contributed by atoms with Crippen molar-refractivity contribution >= 4 is 23.4 Å². The first-order valence-corrected chi connectivity index (χ1v) is 11.0. The summed E-state index contributed by atoms with van der Waals surface area (Å²) >= 11 is 1.34. The van der Waals surface area contributed by atoms with E-state index in [9.17, 15) is 4.79 Å². The smallest absolute Gasteiger partial charge is 0.237 e. The zero-order valence-electron chi connectivity index (χ0n) is 18.0. The van der Waals surface area contributed by atoms with E-state index in [0.717, 1.165) is 0 Å². The van der Waals surface area contributed by atoms with Crippen LogP contribution in [0.5, 0.6) is 23.0 Å². The molecule has 0 saturated carbocycles. The number of amides is 1. The van der Waals surface area contributed by atoms with Crippen molar-refractivity contribution in [2.24, 2.45) is 0 Å². The van der Waals surface area contributed by atoms with Crippen molar-refractivity contribution in [2.45, 2.75) is 37.4 Å². The molecule has 1 atom stereocenters. The van der Waals surface area contributed by atoms with Crippen molar-refractivity contribution < 1.29 is 23.7 Å². The molecule has 0 unspecified atom stereocenters. The Kier molecular flexibility index (Phi) is 6.69. The average Bonchev–Trinajstić information content (AvgIpc) is 3.43.